The predicted molar refractivity (Wildman–Crippen MR) is 99.0 cm³/mol. The van der Waals surface area contributed by atoms with Crippen LogP contribution in [0.25, 0.3) is 0 Å². The summed E-state index contributed by atoms with van der Waals surface area (Å²) in [6.07, 6.45) is 3.76. The number of hydrazone groups is 1. The summed E-state index contributed by atoms with van der Waals surface area (Å²) in [4.78, 5) is 24.7. The van der Waals surface area contributed by atoms with Gasteiger partial charge in [0, 0.05) is 13.1 Å². The number of carbonyl (C=O) groups is 2. The molecule has 1 aromatic rings. The van der Waals surface area contributed by atoms with E-state index in [2.05, 4.69) is 34.7 Å². The minimum atomic E-state index is -1.04. The van der Waals surface area contributed by atoms with Crippen LogP contribution in [0.2, 0.25) is 0 Å². The molecule has 2 amide bonds. The second-order valence-corrected chi connectivity index (χ2v) is 6.64. The van der Waals surface area contributed by atoms with Crippen molar-refractivity contribution in [2.24, 2.45) is 11.0 Å². The number of benzene rings is 1. The van der Waals surface area contributed by atoms with Gasteiger partial charge in [-0.2, -0.15) is 5.10 Å². The maximum absolute atomic E-state index is 13.7. The van der Waals surface area contributed by atoms with Gasteiger partial charge in [-0.05, 0) is 43.7 Å². The third kappa shape index (κ3) is 5.35. The average Bonchev–Trinajstić information content (AvgIpc) is 2.61. The van der Waals surface area contributed by atoms with E-state index >= 15 is 0 Å². The summed E-state index contributed by atoms with van der Waals surface area (Å²) in [5.74, 6) is -2.93. The molecule has 1 saturated carbocycles. The lowest BCUT2D eigenvalue weighted by atomic mass is 9.87. The molecule has 2 rings (SSSR count). The third-order valence-electron chi connectivity index (χ3n) is 4.53. The smallest absolute Gasteiger partial charge is 0.274 e. The molecule has 0 saturated heterocycles. The molecular weight excluding hydrogens is 354 g/mol. The van der Waals surface area contributed by atoms with Gasteiger partial charge in [0.15, 0.2) is 5.71 Å². The summed E-state index contributed by atoms with van der Waals surface area (Å²) in [5, 5.41) is 8.96. The Kier molecular flexibility index (Phi) is 7.04. The van der Waals surface area contributed by atoms with Crippen LogP contribution in [0.5, 0.6) is 0 Å². The maximum atomic E-state index is 13.7. The molecule has 8 heteroatoms. The van der Waals surface area contributed by atoms with E-state index in [4.69, 9.17) is 0 Å². The summed E-state index contributed by atoms with van der Waals surface area (Å²) in [6.45, 7) is 5.79. The van der Waals surface area contributed by atoms with E-state index in [1.54, 1.807) is 0 Å². The molecule has 0 spiro atoms. The van der Waals surface area contributed by atoms with E-state index in [9.17, 15) is 18.4 Å². The van der Waals surface area contributed by atoms with Crippen molar-refractivity contribution in [1.82, 2.24) is 16.1 Å². The molecule has 1 aliphatic rings. The highest BCUT2D eigenvalue weighted by Gasteiger charge is 2.25. The summed E-state index contributed by atoms with van der Waals surface area (Å²) >= 11 is 0. The van der Waals surface area contributed by atoms with Crippen molar-refractivity contribution in [3.05, 3.63) is 47.7 Å². The number of nitrogens with one attached hydrogen (secondary N) is 3. The van der Waals surface area contributed by atoms with E-state index in [0.717, 1.165) is 43.9 Å². The quantitative estimate of drug-likeness (QED) is 0.525. The van der Waals surface area contributed by atoms with Gasteiger partial charge in [-0.15, -0.1) is 0 Å². The number of hydrogen-bond acceptors (Lipinski definition) is 4. The molecule has 27 heavy (non-hydrogen) atoms. The highest BCUT2D eigenvalue weighted by molar-refractivity contribution is 6.45. The van der Waals surface area contributed by atoms with Crippen molar-refractivity contribution in [1.29, 1.82) is 0 Å². The Balaban J connectivity index is 2.07. The van der Waals surface area contributed by atoms with Gasteiger partial charge in [-0.3, -0.25) is 9.59 Å². The SMILES string of the molecule is C=C(NC(=O)c1c(F)cccc1F)/C(=N\NC)C(=O)NC1CCC(C)CC1. The van der Waals surface area contributed by atoms with Crippen LogP contribution in [0.15, 0.2) is 35.6 Å². The number of rotatable bonds is 6. The first-order chi connectivity index (χ1) is 12.8. The average molecular weight is 378 g/mol. The summed E-state index contributed by atoms with van der Waals surface area (Å²) in [6, 6.07) is 3.12. The second kappa shape index (κ2) is 9.25. The third-order valence-corrected chi connectivity index (χ3v) is 4.53. The Morgan fingerprint density at radius 1 is 1.15 bits per heavy atom. The van der Waals surface area contributed by atoms with Crippen molar-refractivity contribution in [3.63, 3.8) is 0 Å². The van der Waals surface area contributed by atoms with Gasteiger partial charge >= 0.3 is 0 Å². The van der Waals surface area contributed by atoms with Gasteiger partial charge in [-0.25, -0.2) is 8.78 Å². The van der Waals surface area contributed by atoms with Gasteiger partial charge in [0.1, 0.15) is 17.2 Å². The topological polar surface area (TPSA) is 82.6 Å². The lowest BCUT2D eigenvalue weighted by Gasteiger charge is -2.27. The molecule has 1 fully saturated rings. The van der Waals surface area contributed by atoms with Crippen molar-refractivity contribution in [2.45, 2.75) is 38.6 Å². The Morgan fingerprint density at radius 3 is 2.30 bits per heavy atom. The second-order valence-electron chi connectivity index (χ2n) is 6.64. The van der Waals surface area contributed by atoms with Crippen LogP contribution in [0.1, 0.15) is 43.0 Å². The minimum Gasteiger partial charge on any atom is -0.348 e. The van der Waals surface area contributed by atoms with Gasteiger partial charge in [-0.1, -0.05) is 19.6 Å². The van der Waals surface area contributed by atoms with Crippen molar-refractivity contribution in [2.75, 3.05) is 7.05 Å². The van der Waals surface area contributed by atoms with E-state index in [1.165, 1.54) is 7.05 Å². The van der Waals surface area contributed by atoms with Crippen LogP contribution in [0.3, 0.4) is 0 Å². The maximum Gasteiger partial charge on any atom is 0.274 e. The highest BCUT2D eigenvalue weighted by atomic mass is 19.1. The molecule has 0 heterocycles. The molecule has 1 aliphatic carbocycles. The number of halogens is 2. The first-order valence-corrected chi connectivity index (χ1v) is 8.83. The molecule has 0 aliphatic heterocycles. The summed E-state index contributed by atoms with van der Waals surface area (Å²) < 4.78 is 27.5. The van der Waals surface area contributed by atoms with E-state index < -0.39 is 29.0 Å². The molecule has 0 atom stereocenters. The van der Waals surface area contributed by atoms with Crippen LogP contribution >= 0.6 is 0 Å². The van der Waals surface area contributed by atoms with Crippen LogP contribution in [-0.2, 0) is 4.79 Å². The van der Waals surface area contributed by atoms with Crippen molar-refractivity contribution in [3.8, 4) is 0 Å². The molecule has 6 nitrogen and oxygen atoms in total. The monoisotopic (exact) mass is 378 g/mol. The van der Waals surface area contributed by atoms with Gasteiger partial charge in [0.25, 0.3) is 11.8 Å². The van der Waals surface area contributed by atoms with Crippen LogP contribution < -0.4 is 16.1 Å². The normalized spacial score (nSPS) is 19.9. The zero-order valence-corrected chi connectivity index (χ0v) is 15.4. The number of carbonyl (C=O) groups excluding carboxylic acids is 2. The van der Waals surface area contributed by atoms with Gasteiger partial charge < -0.3 is 16.1 Å². The van der Waals surface area contributed by atoms with E-state index in [-0.39, 0.29) is 17.5 Å². The lowest BCUT2D eigenvalue weighted by molar-refractivity contribution is -0.115. The zero-order chi connectivity index (χ0) is 20.0. The molecule has 0 aromatic heterocycles. The Hall–Kier alpha value is -2.77. The molecule has 146 valence electrons. The predicted octanol–water partition coefficient (Wildman–Crippen LogP) is 2.48. The number of nitrogens with zero attached hydrogens (tertiary/aromatic N) is 1. The summed E-state index contributed by atoms with van der Waals surface area (Å²) in [7, 11) is 1.49. The van der Waals surface area contributed by atoms with Crippen molar-refractivity contribution >= 4 is 17.5 Å². The Bertz CT molecular complexity index is 736. The van der Waals surface area contributed by atoms with E-state index in [1.807, 2.05) is 0 Å². The Morgan fingerprint density at radius 2 is 1.74 bits per heavy atom. The van der Waals surface area contributed by atoms with Crippen LogP contribution in [0.4, 0.5) is 8.78 Å². The fourth-order valence-corrected chi connectivity index (χ4v) is 3.00. The number of hydrogen-bond donors (Lipinski definition) is 3. The van der Waals surface area contributed by atoms with E-state index in [0.29, 0.717) is 5.92 Å². The molecule has 1 aromatic carbocycles. The molecule has 0 unspecified atom stereocenters. The fraction of sp³-hybridized carbons (Fsp3) is 0.421. The highest BCUT2D eigenvalue weighted by Crippen LogP contribution is 2.23. The van der Waals surface area contributed by atoms with Gasteiger partial charge in [0.05, 0.1) is 5.70 Å². The molecule has 0 bridgehead atoms. The first-order valence-electron chi connectivity index (χ1n) is 8.83. The molecule has 0 radical (unpaired) electrons. The Labute approximate surface area is 157 Å². The first kappa shape index (κ1) is 20.5. The largest absolute Gasteiger partial charge is 0.348 e. The molecular formula is C19H24F2N4O2. The fourth-order valence-electron chi connectivity index (χ4n) is 3.00. The van der Waals surface area contributed by atoms with Crippen LogP contribution in [-0.4, -0.2) is 30.6 Å². The zero-order valence-electron chi connectivity index (χ0n) is 15.4. The standard InChI is InChI=1S/C19H24F2N4O2/c1-11-7-9-13(10-8-11)24-19(27)17(25-22-3)12(2)23-18(26)16-14(20)5-4-6-15(16)21/h4-6,11,13,22H,2,7-10H2,1,3H3,(H,23,26)(H,24,27)/b25-17+. The van der Waals surface area contributed by atoms with Gasteiger partial charge in [0.2, 0.25) is 0 Å². The van der Waals surface area contributed by atoms with Crippen LogP contribution in [0, 0.1) is 17.6 Å². The minimum absolute atomic E-state index is 0.0169. The summed E-state index contributed by atoms with van der Waals surface area (Å²) in [5.41, 5.74) is 1.42. The van der Waals surface area contributed by atoms with Crippen molar-refractivity contribution < 1.29 is 18.4 Å². The molecule has 3 N–H and O–H groups in total. The number of amides is 2. The lowest BCUT2D eigenvalue weighted by Crippen LogP contribution is -2.44.